The number of nitrogen functional groups attached to an aromatic ring is 1. The lowest BCUT2D eigenvalue weighted by Crippen LogP contribution is -2.12. The number of furan rings is 1. The van der Waals surface area contributed by atoms with E-state index in [0.717, 1.165) is 17.3 Å². The second-order valence-corrected chi connectivity index (χ2v) is 5.68. The third-order valence-electron chi connectivity index (χ3n) is 2.58. The van der Waals surface area contributed by atoms with E-state index < -0.39 is 0 Å². The number of carbonyl (C=O) groups excluding carboxylic acids is 1. The van der Waals surface area contributed by atoms with Gasteiger partial charge in [0.15, 0.2) is 0 Å². The van der Waals surface area contributed by atoms with Gasteiger partial charge in [-0.05, 0) is 30.3 Å². The summed E-state index contributed by atoms with van der Waals surface area (Å²) in [5, 5.41) is 3.27. The molecule has 0 aliphatic carbocycles. The minimum atomic E-state index is -0.0429. The smallest absolute Gasteiger partial charge is 0.225 e. The van der Waals surface area contributed by atoms with Gasteiger partial charge in [-0.2, -0.15) is 11.8 Å². The number of nitrogens with two attached hydrogens (primary N) is 1. The molecule has 0 bridgehead atoms. The molecular formula is C14H15ClN2O2S. The van der Waals surface area contributed by atoms with Crippen LogP contribution in [-0.2, 0) is 10.5 Å². The zero-order valence-corrected chi connectivity index (χ0v) is 12.3. The largest absolute Gasteiger partial charge is 0.468 e. The maximum absolute atomic E-state index is 11.7. The molecule has 3 N–H and O–H groups in total. The number of thioether (sulfide) groups is 1. The topological polar surface area (TPSA) is 68.3 Å². The quantitative estimate of drug-likeness (QED) is 0.629. The van der Waals surface area contributed by atoms with Gasteiger partial charge in [-0.3, -0.25) is 4.79 Å². The molecule has 106 valence electrons. The average molecular weight is 311 g/mol. The Labute approximate surface area is 126 Å². The minimum Gasteiger partial charge on any atom is -0.468 e. The van der Waals surface area contributed by atoms with E-state index in [2.05, 4.69) is 5.32 Å². The standard InChI is InChI=1S/C14H15ClN2O2S/c15-12-4-3-10(8-13(12)16)17-14(18)5-7-20-9-11-2-1-6-19-11/h1-4,6,8H,5,7,9,16H2,(H,17,18). The summed E-state index contributed by atoms with van der Waals surface area (Å²) in [7, 11) is 0. The fourth-order valence-corrected chi connectivity index (χ4v) is 2.53. The van der Waals surface area contributed by atoms with Gasteiger partial charge >= 0.3 is 0 Å². The number of hydrogen-bond donors (Lipinski definition) is 2. The monoisotopic (exact) mass is 310 g/mol. The number of rotatable bonds is 6. The van der Waals surface area contributed by atoms with Gasteiger partial charge in [0, 0.05) is 17.9 Å². The van der Waals surface area contributed by atoms with Gasteiger partial charge in [0.1, 0.15) is 5.76 Å². The number of amides is 1. The maximum Gasteiger partial charge on any atom is 0.225 e. The lowest BCUT2D eigenvalue weighted by atomic mass is 10.2. The zero-order valence-electron chi connectivity index (χ0n) is 10.8. The van der Waals surface area contributed by atoms with Crippen LogP contribution >= 0.6 is 23.4 Å². The number of halogens is 1. The molecule has 20 heavy (non-hydrogen) atoms. The van der Waals surface area contributed by atoms with Crippen molar-refractivity contribution >= 4 is 40.6 Å². The van der Waals surface area contributed by atoms with E-state index in [1.165, 1.54) is 0 Å². The highest BCUT2D eigenvalue weighted by atomic mass is 35.5. The van der Waals surface area contributed by atoms with E-state index in [0.29, 0.717) is 22.8 Å². The molecule has 0 radical (unpaired) electrons. The zero-order chi connectivity index (χ0) is 14.4. The van der Waals surface area contributed by atoms with Crippen LogP contribution in [0, 0.1) is 0 Å². The van der Waals surface area contributed by atoms with Crippen molar-refractivity contribution in [3.63, 3.8) is 0 Å². The van der Waals surface area contributed by atoms with E-state index in [1.54, 1.807) is 36.2 Å². The Balaban J connectivity index is 1.71. The molecule has 0 saturated carbocycles. The number of benzene rings is 1. The van der Waals surface area contributed by atoms with Crippen molar-refractivity contribution in [3.8, 4) is 0 Å². The molecule has 0 spiro atoms. The van der Waals surface area contributed by atoms with Gasteiger partial charge in [-0.1, -0.05) is 11.6 Å². The molecule has 1 amide bonds. The first-order chi connectivity index (χ1) is 9.65. The van der Waals surface area contributed by atoms with Gasteiger partial charge in [0.2, 0.25) is 5.91 Å². The van der Waals surface area contributed by atoms with Crippen LogP contribution in [0.3, 0.4) is 0 Å². The second kappa shape index (κ2) is 7.26. The molecule has 1 aromatic carbocycles. The molecule has 1 aromatic heterocycles. The molecule has 4 nitrogen and oxygen atoms in total. The summed E-state index contributed by atoms with van der Waals surface area (Å²) in [4.78, 5) is 11.7. The fourth-order valence-electron chi connectivity index (χ4n) is 1.58. The molecular weight excluding hydrogens is 296 g/mol. The van der Waals surface area contributed by atoms with Crippen LogP contribution in [0.2, 0.25) is 5.02 Å². The normalized spacial score (nSPS) is 10.4. The molecule has 0 atom stereocenters. The van der Waals surface area contributed by atoms with Crippen LogP contribution in [-0.4, -0.2) is 11.7 Å². The number of carbonyl (C=O) groups is 1. The van der Waals surface area contributed by atoms with Crippen LogP contribution in [0.15, 0.2) is 41.0 Å². The third-order valence-corrected chi connectivity index (χ3v) is 3.90. The van der Waals surface area contributed by atoms with E-state index in [1.807, 2.05) is 12.1 Å². The van der Waals surface area contributed by atoms with Gasteiger partial charge in [0.05, 0.1) is 22.7 Å². The van der Waals surface area contributed by atoms with Gasteiger partial charge in [0.25, 0.3) is 0 Å². The Morgan fingerprint density at radius 1 is 1.40 bits per heavy atom. The minimum absolute atomic E-state index is 0.0429. The van der Waals surface area contributed by atoms with E-state index in [9.17, 15) is 4.79 Å². The van der Waals surface area contributed by atoms with Crippen LogP contribution in [0.1, 0.15) is 12.2 Å². The predicted molar refractivity (Wildman–Crippen MR) is 84.0 cm³/mol. The summed E-state index contributed by atoms with van der Waals surface area (Å²) in [6.07, 6.45) is 2.08. The fraction of sp³-hybridized carbons (Fsp3) is 0.214. The van der Waals surface area contributed by atoms with Gasteiger partial charge in [-0.15, -0.1) is 0 Å². The lowest BCUT2D eigenvalue weighted by molar-refractivity contribution is -0.115. The average Bonchev–Trinajstić information content (AvgIpc) is 2.92. The van der Waals surface area contributed by atoms with Crippen molar-refractivity contribution in [2.75, 3.05) is 16.8 Å². The molecule has 0 aliphatic heterocycles. The summed E-state index contributed by atoms with van der Waals surface area (Å²) in [6, 6.07) is 8.82. The van der Waals surface area contributed by atoms with Crippen LogP contribution in [0.5, 0.6) is 0 Å². The van der Waals surface area contributed by atoms with Gasteiger partial charge in [-0.25, -0.2) is 0 Å². The highest BCUT2D eigenvalue weighted by Gasteiger charge is 2.05. The predicted octanol–water partition coefficient (Wildman–Crippen LogP) is 3.78. The molecule has 1 heterocycles. The summed E-state index contributed by atoms with van der Waals surface area (Å²) in [5.74, 6) is 2.38. The first kappa shape index (κ1) is 14.8. The first-order valence-corrected chi connectivity index (χ1v) is 7.63. The Hall–Kier alpha value is -1.59. The first-order valence-electron chi connectivity index (χ1n) is 6.10. The third kappa shape index (κ3) is 4.51. The van der Waals surface area contributed by atoms with E-state index in [4.69, 9.17) is 21.8 Å². The van der Waals surface area contributed by atoms with Crippen LogP contribution in [0.4, 0.5) is 11.4 Å². The molecule has 0 aliphatic rings. The second-order valence-electron chi connectivity index (χ2n) is 4.17. The van der Waals surface area contributed by atoms with Crippen molar-refractivity contribution in [3.05, 3.63) is 47.4 Å². The highest BCUT2D eigenvalue weighted by molar-refractivity contribution is 7.98. The Bertz CT molecular complexity index is 573. The van der Waals surface area contributed by atoms with Crippen LogP contribution < -0.4 is 11.1 Å². The Morgan fingerprint density at radius 2 is 2.25 bits per heavy atom. The summed E-state index contributed by atoms with van der Waals surface area (Å²) >= 11 is 7.47. The summed E-state index contributed by atoms with van der Waals surface area (Å²) in [6.45, 7) is 0. The van der Waals surface area contributed by atoms with E-state index in [-0.39, 0.29) is 5.91 Å². The Kier molecular flexibility index (Phi) is 5.38. The summed E-state index contributed by atoms with van der Waals surface area (Å²) < 4.78 is 5.21. The molecule has 2 rings (SSSR count). The lowest BCUT2D eigenvalue weighted by Gasteiger charge is -2.06. The van der Waals surface area contributed by atoms with Crippen molar-refractivity contribution in [2.45, 2.75) is 12.2 Å². The van der Waals surface area contributed by atoms with Gasteiger partial charge < -0.3 is 15.5 Å². The molecule has 0 fully saturated rings. The Morgan fingerprint density at radius 3 is 2.95 bits per heavy atom. The summed E-state index contributed by atoms with van der Waals surface area (Å²) in [5.41, 5.74) is 6.79. The molecule has 0 unspecified atom stereocenters. The number of anilines is 2. The SMILES string of the molecule is Nc1cc(NC(=O)CCSCc2ccco2)ccc1Cl. The number of hydrogen-bond acceptors (Lipinski definition) is 4. The molecule has 0 saturated heterocycles. The van der Waals surface area contributed by atoms with E-state index >= 15 is 0 Å². The van der Waals surface area contributed by atoms with Crippen molar-refractivity contribution in [2.24, 2.45) is 0 Å². The van der Waals surface area contributed by atoms with Crippen molar-refractivity contribution in [1.82, 2.24) is 0 Å². The number of nitrogens with one attached hydrogen (secondary N) is 1. The maximum atomic E-state index is 11.7. The highest BCUT2D eigenvalue weighted by Crippen LogP contribution is 2.22. The van der Waals surface area contributed by atoms with Crippen molar-refractivity contribution < 1.29 is 9.21 Å². The molecule has 6 heteroatoms. The van der Waals surface area contributed by atoms with Crippen molar-refractivity contribution in [1.29, 1.82) is 0 Å². The van der Waals surface area contributed by atoms with Crippen LogP contribution in [0.25, 0.3) is 0 Å². The molecule has 2 aromatic rings.